The van der Waals surface area contributed by atoms with Crippen molar-refractivity contribution in [3.05, 3.63) is 47.8 Å². The Balaban J connectivity index is 2.04. The lowest BCUT2D eigenvalue weighted by Crippen LogP contribution is -2.18. The number of nitrogens with zero attached hydrogens (tertiary/aromatic N) is 2. The molecule has 2 heterocycles. The van der Waals surface area contributed by atoms with Crippen molar-refractivity contribution in [1.82, 2.24) is 9.29 Å². The maximum atomic E-state index is 12.0. The predicted octanol–water partition coefficient (Wildman–Crippen LogP) is 1.34. The molecule has 0 saturated carbocycles. The third-order valence-electron chi connectivity index (χ3n) is 3.51. The summed E-state index contributed by atoms with van der Waals surface area (Å²) in [7, 11) is -1.70. The fourth-order valence-corrected chi connectivity index (χ4v) is 3.68. The summed E-state index contributed by atoms with van der Waals surface area (Å²) in [4.78, 5) is 4.66. The van der Waals surface area contributed by atoms with Crippen LogP contribution in [0.5, 0.6) is 0 Å². The van der Waals surface area contributed by atoms with Crippen LogP contribution in [0.15, 0.2) is 41.4 Å². The van der Waals surface area contributed by atoms with Crippen LogP contribution in [0.25, 0.3) is 11.1 Å². The minimum Gasteiger partial charge on any atom is -0.325 e. The molecule has 2 aromatic rings. The van der Waals surface area contributed by atoms with Crippen LogP contribution in [0, 0.1) is 0 Å². The molecule has 0 saturated heterocycles. The number of hydrogen-bond acceptors (Lipinski definition) is 4. The smallest absolute Gasteiger partial charge is 0.243 e. The minimum absolute atomic E-state index is 0.398. The van der Waals surface area contributed by atoms with Crippen molar-refractivity contribution < 1.29 is 8.42 Å². The molecule has 20 heavy (non-hydrogen) atoms. The van der Waals surface area contributed by atoms with Crippen molar-refractivity contribution in [2.45, 2.75) is 18.0 Å². The lowest BCUT2D eigenvalue weighted by atomic mass is 10.0. The molecule has 1 aliphatic heterocycles. The number of rotatable bonds is 2. The molecule has 0 fully saturated rings. The van der Waals surface area contributed by atoms with Gasteiger partial charge in [0.15, 0.2) is 0 Å². The summed E-state index contributed by atoms with van der Waals surface area (Å²) in [6, 6.07) is 9.22. The van der Waals surface area contributed by atoms with Gasteiger partial charge in [0.25, 0.3) is 0 Å². The van der Waals surface area contributed by atoms with Crippen LogP contribution in [-0.2, 0) is 23.1 Å². The van der Waals surface area contributed by atoms with E-state index in [-0.39, 0.29) is 0 Å². The van der Waals surface area contributed by atoms with Crippen LogP contribution in [0.4, 0.5) is 0 Å². The Morgan fingerprint density at radius 2 is 2.00 bits per heavy atom. The molecule has 2 N–H and O–H groups in total. The molecular formula is C14H15N3O2S. The van der Waals surface area contributed by atoms with Gasteiger partial charge in [-0.3, -0.25) is 4.98 Å². The molecule has 0 spiro atoms. The zero-order valence-corrected chi connectivity index (χ0v) is 11.9. The van der Waals surface area contributed by atoms with Gasteiger partial charge in [0, 0.05) is 31.9 Å². The first-order valence-electron chi connectivity index (χ1n) is 6.27. The third-order valence-corrected chi connectivity index (χ3v) is 5.41. The largest absolute Gasteiger partial charge is 0.325 e. The average Bonchev–Trinajstić information content (AvgIpc) is 2.69. The second-order valence-electron chi connectivity index (χ2n) is 4.83. The Bertz CT molecular complexity index is 754. The first-order chi connectivity index (χ1) is 9.52. The molecule has 1 aliphatic rings. The molecule has 0 amide bonds. The van der Waals surface area contributed by atoms with E-state index in [1.54, 1.807) is 19.3 Å². The molecule has 3 rings (SSSR count). The summed E-state index contributed by atoms with van der Waals surface area (Å²) in [6.07, 6.45) is 1.76. The van der Waals surface area contributed by atoms with Gasteiger partial charge in [0.1, 0.15) is 0 Å². The Morgan fingerprint density at radius 1 is 1.25 bits per heavy atom. The van der Waals surface area contributed by atoms with E-state index >= 15 is 0 Å². The molecular weight excluding hydrogens is 274 g/mol. The molecule has 104 valence electrons. The van der Waals surface area contributed by atoms with Crippen molar-refractivity contribution in [1.29, 1.82) is 0 Å². The minimum atomic E-state index is -3.29. The van der Waals surface area contributed by atoms with E-state index in [0.717, 1.165) is 22.4 Å². The van der Waals surface area contributed by atoms with Crippen LogP contribution >= 0.6 is 0 Å². The first-order valence-corrected chi connectivity index (χ1v) is 7.71. The Kier molecular flexibility index (Phi) is 3.08. The Morgan fingerprint density at radius 3 is 2.65 bits per heavy atom. The van der Waals surface area contributed by atoms with E-state index in [4.69, 9.17) is 5.73 Å². The normalized spacial score (nSPS) is 17.1. The van der Waals surface area contributed by atoms with Crippen LogP contribution in [0.2, 0.25) is 0 Å². The van der Waals surface area contributed by atoms with Crippen molar-refractivity contribution in [3.8, 4) is 11.1 Å². The highest BCUT2D eigenvalue weighted by Crippen LogP contribution is 2.32. The number of hydrogen-bond donors (Lipinski definition) is 1. The second kappa shape index (κ2) is 4.66. The van der Waals surface area contributed by atoms with Gasteiger partial charge < -0.3 is 5.73 Å². The van der Waals surface area contributed by atoms with Crippen molar-refractivity contribution >= 4 is 10.0 Å². The number of fused-ring (bicyclic) bond motifs is 1. The van der Waals surface area contributed by atoms with Gasteiger partial charge in [-0.25, -0.2) is 8.42 Å². The predicted molar refractivity (Wildman–Crippen MR) is 76.2 cm³/mol. The number of benzene rings is 1. The van der Waals surface area contributed by atoms with Crippen LogP contribution in [0.1, 0.15) is 11.3 Å². The molecule has 0 aliphatic carbocycles. The molecule has 5 nitrogen and oxygen atoms in total. The van der Waals surface area contributed by atoms with Gasteiger partial charge in [-0.15, -0.1) is 0 Å². The van der Waals surface area contributed by atoms with Crippen LogP contribution in [-0.4, -0.2) is 24.8 Å². The van der Waals surface area contributed by atoms with Gasteiger partial charge in [0.05, 0.1) is 10.6 Å². The molecule has 1 aromatic carbocycles. The monoisotopic (exact) mass is 289 g/mol. The van der Waals surface area contributed by atoms with Gasteiger partial charge in [-0.05, 0) is 29.3 Å². The zero-order valence-electron chi connectivity index (χ0n) is 11.1. The van der Waals surface area contributed by atoms with Crippen molar-refractivity contribution in [2.24, 2.45) is 5.73 Å². The van der Waals surface area contributed by atoms with E-state index in [1.807, 2.05) is 24.3 Å². The number of nitrogens with two attached hydrogens (primary N) is 1. The number of sulfonamides is 1. The topological polar surface area (TPSA) is 76.3 Å². The second-order valence-corrected chi connectivity index (χ2v) is 6.84. The van der Waals surface area contributed by atoms with Gasteiger partial charge in [-0.2, -0.15) is 4.31 Å². The SMILES string of the molecule is CN1Cc2cc(-c3ccc(CN)nc3)ccc2S1(=O)=O. The summed E-state index contributed by atoms with van der Waals surface area (Å²) in [6.45, 7) is 0.827. The Hall–Kier alpha value is -1.76. The van der Waals surface area contributed by atoms with Crippen LogP contribution in [0.3, 0.4) is 0 Å². The summed E-state index contributed by atoms with van der Waals surface area (Å²) in [5, 5.41) is 0. The van der Waals surface area contributed by atoms with Crippen molar-refractivity contribution in [2.75, 3.05) is 7.05 Å². The molecule has 0 radical (unpaired) electrons. The number of pyridine rings is 1. The zero-order chi connectivity index (χ0) is 14.3. The van der Waals surface area contributed by atoms with Crippen LogP contribution < -0.4 is 5.73 Å². The summed E-state index contributed by atoms with van der Waals surface area (Å²) >= 11 is 0. The lowest BCUT2D eigenvalue weighted by molar-refractivity contribution is 0.488. The third kappa shape index (κ3) is 2.02. The quantitative estimate of drug-likeness (QED) is 0.905. The maximum Gasteiger partial charge on any atom is 0.243 e. The van der Waals surface area contributed by atoms with E-state index in [2.05, 4.69) is 4.98 Å². The van der Waals surface area contributed by atoms with Gasteiger partial charge in [0.2, 0.25) is 10.0 Å². The summed E-state index contributed by atoms with van der Waals surface area (Å²) < 4.78 is 25.4. The summed E-state index contributed by atoms with van der Waals surface area (Å²) in [5.74, 6) is 0. The van der Waals surface area contributed by atoms with Crippen molar-refractivity contribution in [3.63, 3.8) is 0 Å². The molecule has 1 aromatic heterocycles. The number of aromatic nitrogens is 1. The lowest BCUT2D eigenvalue weighted by Gasteiger charge is -2.05. The average molecular weight is 289 g/mol. The van der Waals surface area contributed by atoms with E-state index in [0.29, 0.717) is 18.0 Å². The molecule has 0 atom stereocenters. The Labute approximate surface area is 118 Å². The highest BCUT2D eigenvalue weighted by Gasteiger charge is 2.31. The highest BCUT2D eigenvalue weighted by molar-refractivity contribution is 7.89. The van der Waals surface area contributed by atoms with E-state index < -0.39 is 10.0 Å². The maximum absolute atomic E-state index is 12.0. The van der Waals surface area contributed by atoms with E-state index in [9.17, 15) is 8.42 Å². The molecule has 0 bridgehead atoms. The summed E-state index contributed by atoms with van der Waals surface area (Å²) in [5.41, 5.74) is 9.10. The molecule has 6 heteroatoms. The standard InChI is InChI=1S/C14H15N3O2S/c1-17-9-12-6-10(3-5-14(12)20(17,18)19)11-2-4-13(7-15)16-8-11/h2-6,8H,7,9,15H2,1H3. The molecule has 0 unspecified atom stereocenters. The fourth-order valence-electron chi connectivity index (χ4n) is 2.34. The van der Waals surface area contributed by atoms with Gasteiger partial charge >= 0.3 is 0 Å². The fraction of sp³-hybridized carbons (Fsp3) is 0.214. The highest BCUT2D eigenvalue weighted by atomic mass is 32.2. The first kappa shape index (κ1) is 13.2. The van der Waals surface area contributed by atoms with E-state index in [1.165, 1.54) is 4.31 Å². The van der Waals surface area contributed by atoms with Gasteiger partial charge in [-0.1, -0.05) is 12.1 Å².